The van der Waals surface area contributed by atoms with Crippen LogP contribution in [0.3, 0.4) is 0 Å². The zero-order valence-electron chi connectivity index (χ0n) is 22.3. The number of amidine groups is 1. The fourth-order valence-electron chi connectivity index (χ4n) is 3.96. The highest BCUT2D eigenvalue weighted by Crippen LogP contribution is 2.19. The number of hydrogen-bond donors (Lipinski definition) is 1. The summed E-state index contributed by atoms with van der Waals surface area (Å²) in [5.74, 6) is 0.429. The number of nitrogens with zero attached hydrogens (tertiary/aromatic N) is 2. The van der Waals surface area contributed by atoms with Crippen LogP contribution in [-0.4, -0.2) is 30.3 Å². The van der Waals surface area contributed by atoms with Crippen LogP contribution < -0.4 is 5.32 Å². The first-order valence-electron chi connectivity index (χ1n) is 12.6. The van der Waals surface area contributed by atoms with Gasteiger partial charge in [0.2, 0.25) is 0 Å². The molecule has 0 saturated carbocycles. The largest absolute Gasteiger partial charge is 0.310 e. The summed E-state index contributed by atoms with van der Waals surface area (Å²) in [7, 11) is 1.72. The molecule has 0 aliphatic rings. The monoisotopic (exact) mass is 493 g/mol. The third-order valence-corrected chi connectivity index (χ3v) is 6.17. The van der Waals surface area contributed by atoms with E-state index in [4.69, 9.17) is 4.99 Å². The summed E-state index contributed by atoms with van der Waals surface area (Å²) in [6.45, 7) is 7.63. The molecule has 3 rings (SSSR count). The average molecular weight is 494 g/mol. The Balaban J connectivity index is 1.88. The topological polar surface area (TPSA) is 70.9 Å². The summed E-state index contributed by atoms with van der Waals surface area (Å²) >= 11 is 0. The maximum absolute atomic E-state index is 13.1. The van der Waals surface area contributed by atoms with Crippen LogP contribution in [-0.2, 0) is 17.6 Å². The molecule has 1 N–H and O–H groups in total. The Morgan fingerprint density at radius 3 is 2.38 bits per heavy atom. The molecule has 5 heteroatoms. The van der Waals surface area contributed by atoms with Gasteiger partial charge in [-0.25, -0.2) is 4.99 Å². The molecule has 3 aromatic rings. The summed E-state index contributed by atoms with van der Waals surface area (Å²) < 4.78 is 0. The van der Waals surface area contributed by atoms with Crippen molar-refractivity contribution < 1.29 is 9.59 Å². The van der Waals surface area contributed by atoms with Gasteiger partial charge in [-0.15, -0.1) is 0 Å². The molecule has 0 saturated heterocycles. The molecule has 1 amide bonds. The number of nitrogens with one attached hydrogen (secondary N) is 1. The second kappa shape index (κ2) is 13.3. The second-order valence-electron chi connectivity index (χ2n) is 9.06. The van der Waals surface area contributed by atoms with Crippen LogP contribution in [0.5, 0.6) is 0 Å². The second-order valence-corrected chi connectivity index (χ2v) is 9.06. The first-order valence-corrected chi connectivity index (χ1v) is 12.6. The maximum atomic E-state index is 13.1. The Labute approximate surface area is 220 Å². The Hall–Kier alpha value is -4.12. The zero-order chi connectivity index (χ0) is 26.8. The first kappa shape index (κ1) is 27.5. The van der Waals surface area contributed by atoms with Crippen molar-refractivity contribution in [3.05, 3.63) is 112 Å². The molecule has 0 fully saturated rings. The smallest absolute Gasteiger partial charge is 0.256 e. The fourth-order valence-corrected chi connectivity index (χ4v) is 3.96. The van der Waals surface area contributed by atoms with Gasteiger partial charge in [-0.3, -0.25) is 14.6 Å². The number of para-hydroxylation sites is 1. The standard InChI is InChI=1S/C32H35N3O2/c1-6-25-11-9-12-27(20-25)32(37)35-31(34-29-13-8-7-10-23(29)3)19-17-26-16-14-22(2)28(21-26)30(33-5)18-15-24(4)36/h7-16,18,20-21H,6,17,19H2,1-5H3,(H,34,35,37)/b18-15-,33-30?. The Bertz CT molecular complexity index is 1370. The van der Waals surface area contributed by atoms with E-state index in [0.29, 0.717) is 24.2 Å². The third-order valence-electron chi connectivity index (χ3n) is 6.17. The quantitative estimate of drug-likeness (QED) is 0.209. The number of hydrogen-bond acceptors (Lipinski definition) is 4. The van der Waals surface area contributed by atoms with E-state index in [0.717, 1.165) is 45.6 Å². The van der Waals surface area contributed by atoms with Gasteiger partial charge in [0.05, 0.1) is 11.4 Å². The summed E-state index contributed by atoms with van der Waals surface area (Å²) in [6, 6.07) is 21.8. The van der Waals surface area contributed by atoms with Crippen LogP contribution in [0.1, 0.15) is 58.4 Å². The molecule has 0 aromatic heterocycles. The number of ketones is 1. The minimum atomic E-state index is -0.165. The number of amides is 1. The van der Waals surface area contributed by atoms with Gasteiger partial charge in [-0.05, 0) is 92.3 Å². The summed E-state index contributed by atoms with van der Waals surface area (Å²) in [5, 5.41) is 3.06. The van der Waals surface area contributed by atoms with E-state index in [1.165, 1.54) is 13.0 Å². The molecule has 0 unspecified atom stereocenters. The van der Waals surface area contributed by atoms with E-state index in [1.807, 2.05) is 62.4 Å². The predicted octanol–water partition coefficient (Wildman–Crippen LogP) is 6.52. The molecule has 190 valence electrons. The summed E-state index contributed by atoms with van der Waals surface area (Å²) in [6.07, 6.45) is 5.39. The molecule has 37 heavy (non-hydrogen) atoms. The fraction of sp³-hybridized carbons (Fsp3) is 0.250. The molecule has 0 bridgehead atoms. The van der Waals surface area contributed by atoms with E-state index in [-0.39, 0.29) is 11.7 Å². The number of allylic oxidation sites excluding steroid dienone is 2. The van der Waals surface area contributed by atoms with Crippen LogP contribution >= 0.6 is 0 Å². The average Bonchev–Trinajstić information content (AvgIpc) is 2.90. The Morgan fingerprint density at radius 1 is 0.892 bits per heavy atom. The number of carbonyl (C=O) groups is 2. The van der Waals surface area contributed by atoms with Crippen molar-refractivity contribution in [1.29, 1.82) is 0 Å². The molecule has 0 aliphatic heterocycles. The van der Waals surface area contributed by atoms with Crippen molar-refractivity contribution in [2.75, 3.05) is 7.05 Å². The molecule has 0 heterocycles. The molecule has 5 nitrogen and oxygen atoms in total. The lowest BCUT2D eigenvalue weighted by Gasteiger charge is -2.13. The number of rotatable bonds is 9. The molecular weight excluding hydrogens is 458 g/mol. The SMILES string of the molecule is CCc1cccc(C(=O)NC(CCc2ccc(C)c(C(/C=C\C(C)=O)=NC)c2)=Nc2ccccc2C)c1. The lowest BCUT2D eigenvalue weighted by molar-refractivity contribution is -0.112. The highest BCUT2D eigenvalue weighted by molar-refractivity contribution is 6.12. The van der Waals surface area contributed by atoms with Crippen molar-refractivity contribution in [2.45, 2.75) is 47.0 Å². The van der Waals surface area contributed by atoms with E-state index in [1.54, 1.807) is 13.1 Å². The highest BCUT2D eigenvalue weighted by atomic mass is 16.1. The molecule has 0 radical (unpaired) electrons. The molecule has 3 aromatic carbocycles. The van der Waals surface area contributed by atoms with Gasteiger partial charge in [0, 0.05) is 24.6 Å². The van der Waals surface area contributed by atoms with Crippen molar-refractivity contribution in [1.82, 2.24) is 5.32 Å². The molecular formula is C32H35N3O2. The van der Waals surface area contributed by atoms with Gasteiger partial charge in [-0.2, -0.15) is 0 Å². The van der Waals surface area contributed by atoms with Gasteiger partial charge < -0.3 is 5.32 Å². The summed E-state index contributed by atoms with van der Waals surface area (Å²) in [5.41, 5.74) is 7.52. The minimum absolute atomic E-state index is 0.0211. The molecule has 0 spiro atoms. The maximum Gasteiger partial charge on any atom is 0.256 e. The van der Waals surface area contributed by atoms with Crippen LogP contribution in [0.25, 0.3) is 0 Å². The van der Waals surface area contributed by atoms with Crippen LogP contribution in [0.4, 0.5) is 5.69 Å². The third kappa shape index (κ3) is 7.94. The summed E-state index contributed by atoms with van der Waals surface area (Å²) in [4.78, 5) is 33.8. The normalized spacial score (nSPS) is 12.1. The van der Waals surface area contributed by atoms with Crippen molar-refractivity contribution >= 4 is 28.9 Å². The Kier molecular flexibility index (Phi) is 9.84. The minimum Gasteiger partial charge on any atom is -0.310 e. The zero-order valence-corrected chi connectivity index (χ0v) is 22.3. The van der Waals surface area contributed by atoms with E-state index >= 15 is 0 Å². The molecule has 0 aliphatic carbocycles. The van der Waals surface area contributed by atoms with Crippen LogP contribution in [0, 0.1) is 13.8 Å². The van der Waals surface area contributed by atoms with Crippen molar-refractivity contribution in [2.24, 2.45) is 9.98 Å². The van der Waals surface area contributed by atoms with Crippen molar-refractivity contribution in [3.63, 3.8) is 0 Å². The van der Waals surface area contributed by atoms with Gasteiger partial charge in [-0.1, -0.05) is 49.4 Å². The lowest BCUT2D eigenvalue weighted by Crippen LogP contribution is -2.31. The number of benzene rings is 3. The van der Waals surface area contributed by atoms with Gasteiger partial charge in [0.25, 0.3) is 5.91 Å². The van der Waals surface area contributed by atoms with Gasteiger partial charge >= 0.3 is 0 Å². The number of carbonyl (C=O) groups excluding carboxylic acids is 2. The predicted molar refractivity (Wildman–Crippen MR) is 153 cm³/mol. The molecule has 0 atom stereocenters. The lowest BCUT2D eigenvalue weighted by atomic mass is 9.98. The number of aliphatic imine (C=N–C) groups is 2. The van der Waals surface area contributed by atoms with Gasteiger partial charge in [0.1, 0.15) is 5.84 Å². The van der Waals surface area contributed by atoms with E-state index in [2.05, 4.69) is 35.4 Å². The van der Waals surface area contributed by atoms with E-state index < -0.39 is 0 Å². The first-order chi connectivity index (χ1) is 17.8. The van der Waals surface area contributed by atoms with E-state index in [9.17, 15) is 9.59 Å². The van der Waals surface area contributed by atoms with Gasteiger partial charge in [0.15, 0.2) is 5.78 Å². The highest BCUT2D eigenvalue weighted by Gasteiger charge is 2.12. The number of aryl methyl sites for hydroxylation is 4. The van der Waals surface area contributed by atoms with Crippen molar-refractivity contribution in [3.8, 4) is 0 Å². The Morgan fingerprint density at radius 2 is 1.68 bits per heavy atom. The van der Waals surface area contributed by atoms with Crippen LogP contribution in [0.2, 0.25) is 0 Å². The van der Waals surface area contributed by atoms with Crippen LogP contribution in [0.15, 0.2) is 88.9 Å².